The Hall–Kier alpha value is -2.37. The molecule has 1 unspecified atom stereocenters. The molecule has 1 saturated heterocycles. The number of nitrogens with zero attached hydrogens (tertiary/aromatic N) is 1. The largest absolute Gasteiger partial charge is 0.497 e. The summed E-state index contributed by atoms with van der Waals surface area (Å²) in [5.41, 5.74) is 0.510. The Balaban J connectivity index is 1.86. The lowest BCUT2D eigenvalue weighted by Crippen LogP contribution is -2.35. The number of methoxy groups -OCH3 is 1. The first-order chi connectivity index (χ1) is 10.0. The van der Waals surface area contributed by atoms with Crippen molar-refractivity contribution in [3.63, 3.8) is 0 Å². The highest BCUT2D eigenvalue weighted by molar-refractivity contribution is 6.00. The predicted molar refractivity (Wildman–Crippen MR) is 76.1 cm³/mol. The van der Waals surface area contributed by atoms with E-state index in [2.05, 4.69) is 5.32 Å². The van der Waals surface area contributed by atoms with Gasteiger partial charge >= 0.3 is 0 Å². The SMILES string of the molecule is COc1ccc(C(=O)CNC(=O)C2CC(=O)N(C)C2)cc1. The van der Waals surface area contributed by atoms with E-state index in [1.165, 1.54) is 4.90 Å². The van der Waals surface area contributed by atoms with E-state index in [1.54, 1.807) is 38.4 Å². The first-order valence-corrected chi connectivity index (χ1v) is 6.70. The molecule has 1 heterocycles. The van der Waals surface area contributed by atoms with Crippen LogP contribution in [0.3, 0.4) is 0 Å². The number of ether oxygens (including phenoxy) is 1. The summed E-state index contributed by atoms with van der Waals surface area (Å²) in [5.74, 6) is -0.177. The van der Waals surface area contributed by atoms with Crippen LogP contribution in [0, 0.1) is 5.92 Å². The highest BCUT2D eigenvalue weighted by atomic mass is 16.5. The van der Waals surface area contributed by atoms with Crippen LogP contribution < -0.4 is 10.1 Å². The van der Waals surface area contributed by atoms with Gasteiger partial charge in [-0.1, -0.05) is 0 Å². The number of carbonyl (C=O) groups excluding carboxylic acids is 3. The van der Waals surface area contributed by atoms with E-state index >= 15 is 0 Å². The summed E-state index contributed by atoms with van der Waals surface area (Å²) in [6.07, 6.45) is 0.207. The highest BCUT2D eigenvalue weighted by Gasteiger charge is 2.32. The van der Waals surface area contributed by atoms with Gasteiger partial charge < -0.3 is 15.0 Å². The zero-order valence-electron chi connectivity index (χ0n) is 12.1. The van der Waals surface area contributed by atoms with E-state index in [1.807, 2.05) is 0 Å². The zero-order chi connectivity index (χ0) is 15.4. The predicted octanol–water partition coefficient (Wildman–Crippen LogP) is 0.472. The minimum atomic E-state index is -0.369. The van der Waals surface area contributed by atoms with Crippen LogP contribution in [-0.2, 0) is 9.59 Å². The zero-order valence-corrected chi connectivity index (χ0v) is 12.1. The maximum atomic E-state index is 12.0. The van der Waals surface area contributed by atoms with Gasteiger partial charge in [-0.05, 0) is 24.3 Å². The van der Waals surface area contributed by atoms with E-state index < -0.39 is 0 Å². The van der Waals surface area contributed by atoms with Gasteiger partial charge in [0.2, 0.25) is 11.8 Å². The number of carbonyl (C=O) groups is 3. The number of hydrogen-bond donors (Lipinski definition) is 1. The van der Waals surface area contributed by atoms with Crippen LogP contribution in [0.15, 0.2) is 24.3 Å². The molecule has 0 aliphatic carbocycles. The lowest BCUT2D eigenvalue weighted by atomic mass is 10.1. The van der Waals surface area contributed by atoms with Crippen molar-refractivity contribution in [2.24, 2.45) is 5.92 Å². The normalized spacial score (nSPS) is 17.7. The smallest absolute Gasteiger partial charge is 0.225 e. The summed E-state index contributed by atoms with van der Waals surface area (Å²) in [7, 11) is 3.22. The van der Waals surface area contributed by atoms with Crippen LogP contribution in [0.5, 0.6) is 5.75 Å². The number of hydrogen-bond acceptors (Lipinski definition) is 4. The molecule has 0 bridgehead atoms. The summed E-state index contributed by atoms with van der Waals surface area (Å²) < 4.78 is 5.02. The third-order valence-electron chi connectivity index (χ3n) is 3.55. The van der Waals surface area contributed by atoms with E-state index in [4.69, 9.17) is 4.74 Å². The maximum Gasteiger partial charge on any atom is 0.225 e. The van der Waals surface area contributed by atoms with Crippen molar-refractivity contribution in [1.29, 1.82) is 0 Å². The Morgan fingerprint density at radius 2 is 2.00 bits per heavy atom. The Morgan fingerprint density at radius 3 is 2.52 bits per heavy atom. The van der Waals surface area contributed by atoms with Crippen LogP contribution >= 0.6 is 0 Å². The summed E-state index contributed by atoms with van der Waals surface area (Å²) in [6.45, 7) is 0.334. The van der Waals surface area contributed by atoms with E-state index in [-0.39, 0.29) is 36.5 Å². The van der Waals surface area contributed by atoms with Gasteiger partial charge in [0.25, 0.3) is 0 Å². The van der Waals surface area contributed by atoms with E-state index in [0.717, 1.165) is 0 Å². The fraction of sp³-hybridized carbons (Fsp3) is 0.400. The fourth-order valence-corrected chi connectivity index (χ4v) is 2.23. The molecule has 6 nitrogen and oxygen atoms in total. The van der Waals surface area contributed by atoms with Crippen molar-refractivity contribution in [3.05, 3.63) is 29.8 Å². The molecule has 1 aliphatic rings. The summed E-state index contributed by atoms with van der Waals surface area (Å²) in [5, 5.41) is 2.59. The van der Waals surface area contributed by atoms with Gasteiger partial charge in [-0.2, -0.15) is 0 Å². The van der Waals surface area contributed by atoms with Crippen molar-refractivity contribution in [2.45, 2.75) is 6.42 Å². The fourth-order valence-electron chi connectivity index (χ4n) is 2.23. The van der Waals surface area contributed by atoms with Gasteiger partial charge in [0.1, 0.15) is 5.75 Å². The number of rotatable bonds is 5. The van der Waals surface area contributed by atoms with Crippen LogP contribution in [0.25, 0.3) is 0 Å². The molecule has 1 atom stereocenters. The van der Waals surface area contributed by atoms with Crippen LogP contribution in [0.1, 0.15) is 16.8 Å². The van der Waals surface area contributed by atoms with Gasteiger partial charge in [0.05, 0.1) is 19.6 Å². The third-order valence-corrected chi connectivity index (χ3v) is 3.55. The van der Waals surface area contributed by atoms with Crippen molar-refractivity contribution in [3.8, 4) is 5.75 Å². The minimum absolute atomic E-state index is 0.0448. The summed E-state index contributed by atoms with van der Waals surface area (Å²) >= 11 is 0. The molecule has 0 aromatic heterocycles. The first kappa shape index (κ1) is 15.0. The van der Waals surface area contributed by atoms with Gasteiger partial charge in [0.15, 0.2) is 5.78 Å². The molecule has 2 rings (SSSR count). The monoisotopic (exact) mass is 290 g/mol. The number of nitrogens with one attached hydrogen (secondary N) is 1. The molecular formula is C15H18N2O4. The van der Waals surface area contributed by atoms with Crippen LogP contribution in [-0.4, -0.2) is 49.7 Å². The standard InChI is InChI=1S/C15H18N2O4/c1-17-9-11(7-14(17)19)15(20)16-8-13(18)10-3-5-12(21-2)6-4-10/h3-6,11H,7-9H2,1-2H3,(H,16,20). The molecule has 0 radical (unpaired) electrons. The number of benzene rings is 1. The quantitative estimate of drug-likeness (QED) is 0.800. The second kappa shape index (κ2) is 6.39. The Kier molecular flexibility index (Phi) is 4.57. The molecule has 21 heavy (non-hydrogen) atoms. The summed E-state index contributed by atoms with van der Waals surface area (Å²) in [4.78, 5) is 36.8. The highest BCUT2D eigenvalue weighted by Crippen LogP contribution is 2.16. The van der Waals surface area contributed by atoms with Gasteiger partial charge in [-0.3, -0.25) is 14.4 Å². The van der Waals surface area contributed by atoms with Crippen LogP contribution in [0.4, 0.5) is 0 Å². The molecule has 112 valence electrons. The molecule has 1 aromatic rings. The maximum absolute atomic E-state index is 12.0. The van der Waals surface area contributed by atoms with Crippen molar-refractivity contribution < 1.29 is 19.1 Å². The number of Topliss-reactive ketones (excluding diaryl/α,β-unsaturated/α-hetero) is 1. The second-order valence-corrected chi connectivity index (χ2v) is 5.04. The molecule has 2 amide bonds. The second-order valence-electron chi connectivity index (χ2n) is 5.04. The number of amides is 2. The third kappa shape index (κ3) is 3.59. The molecular weight excluding hydrogens is 272 g/mol. The topological polar surface area (TPSA) is 75.7 Å². The minimum Gasteiger partial charge on any atom is -0.497 e. The van der Waals surface area contributed by atoms with Gasteiger partial charge in [-0.15, -0.1) is 0 Å². The van der Waals surface area contributed by atoms with Crippen molar-refractivity contribution in [2.75, 3.05) is 27.2 Å². The molecule has 1 N–H and O–H groups in total. The van der Waals surface area contributed by atoms with Crippen molar-refractivity contribution >= 4 is 17.6 Å². The van der Waals surface area contributed by atoms with Gasteiger partial charge in [-0.25, -0.2) is 0 Å². The van der Waals surface area contributed by atoms with Crippen molar-refractivity contribution in [1.82, 2.24) is 10.2 Å². The van der Waals surface area contributed by atoms with Gasteiger partial charge in [0, 0.05) is 25.6 Å². The molecule has 1 aliphatic heterocycles. The Bertz CT molecular complexity index is 553. The lowest BCUT2D eigenvalue weighted by molar-refractivity contribution is -0.128. The molecule has 0 spiro atoms. The van der Waals surface area contributed by atoms with Crippen LogP contribution in [0.2, 0.25) is 0 Å². The van der Waals surface area contributed by atoms with E-state index in [9.17, 15) is 14.4 Å². The molecule has 0 saturated carbocycles. The van der Waals surface area contributed by atoms with E-state index in [0.29, 0.717) is 17.9 Å². The average Bonchev–Trinajstić information content (AvgIpc) is 2.84. The molecule has 6 heteroatoms. The average molecular weight is 290 g/mol. The lowest BCUT2D eigenvalue weighted by Gasteiger charge is -2.10. The Morgan fingerprint density at radius 1 is 1.33 bits per heavy atom. The number of likely N-dealkylation sites (tertiary alicyclic amines) is 1. The number of ketones is 1. The molecule has 1 aromatic carbocycles. The first-order valence-electron chi connectivity index (χ1n) is 6.70. The Labute approximate surface area is 123 Å². The summed E-state index contributed by atoms with van der Waals surface area (Å²) in [6, 6.07) is 6.69. The molecule has 1 fully saturated rings.